The highest BCUT2D eigenvalue weighted by molar-refractivity contribution is 9.10. The monoisotopic (exact) mass is 333 g/mol. The minimum atomic E-state index is -0.461. The Kier molecular flexibility index (Phi) is 4.29. The van der Waals surface area contributed by atoms with Crippen LogP contribution in [0.4, 0.5) is 5.69 Å². The predicted octanol–water partition coefficient (Wildman–Crippen LogP) is 4.09. The molecule has 0 heterocycles. The van der Waals surface area contributed by atoms with Gasteiger partial charge < -0.3 is 0 Å². The molecule has 2 aromatic carbocycles. The molecule has 102 valence electrons. The lowest BCUT2D eigenvalue weighted by molar-refractivity contribution is -0.385. The Bertz CT molecular complexity index is 683. The predicted molar refractivity (Wildman–Crippen MR) is 80.0 cm³/mol. The molecule has 0 fully saturated rings. The van der Waals surface area contributed by atoms with E-state index in [1.807, 2.05) is 13.0 Å². The van der Waals surface area contributed by atoms with E-state index < -0.39 is 4.92 Å². The molecule has 0 unspecified atom stereocenters. The zero-order valence-electron chi connectivity index (χ0n) is 10.8. The van der Waals surface area contributed by atoms with Crippen LogP contribution in [-0.2, 0) is 6.42 Å². The summed E-state index contributed by atoms with van der Waals surface area (Å²) in [5, 5.41) is 10.9. The molecule has 0 aromatic heterocycles. The molecule has 0 aliphatic heterocycles. The van der Waals surface area contributed by atoms with E-state index in [9.17, 15) is 14.9 Å². The van der Waals surface area contributed by atoms with Crippen molar-refractivity contribution in [3.8, 4) is 0 Å². The van der Waals surface area contributed by atoms with E-state index in [-0.39, 0.29) is 17.9 Å². The summed E-state index contributed by atoms with van der Waals surface area (Å²) in [4.78, 5) is 22.8. The number of benzene rings is 2. The highest BCUT2D eigenvalue weighted by atomic mass is 79.9. The second kappa shape index (κ2) is 5.96. The molecule has 0 amide bonds. The van der Waals surface area contributed by atoms with Gasteiger partial charge in [-0.25, -0.2) is 0 Å². The van der Waals surface area contributed by atoms with E-state index in [2.05, 4.69) is 15.9 Å². The number of carbonyl (C=O) groups excluding carboxylic acids is 1. The zero-order chi connectivity index (χ0) is 14.7. The molecule has 0 spiro atoms. The first kappa shape index (κ1) is 14.4. The summed E-state index contributed by atoms with van der Waals surface area (Å²) in [6.45, 7) is 1.84. The first-order valence-corrected chi connectivity index (χ1v) is 6.80. The number of ketones is 1. The largest absolute Gasteiger partial charge is 0.294 e. The molecule has 0 saturated heterocycles. The molecule has 0 radical (unpaired) electrons. The first-order chi connectivity index (χ1) is 9.49. The van der Waals surface area contributed by atoms with E-state index in [0.29, 0.717) is 11.1 Å². The maximum Gasteiger partial charge on any atom is 0.273 e. The number of nitrogens with zero attached hydrogens (tertiary/aromatic N) is 1. The third-order valence-corrected chi connectivity index (χ3v) is 3.52. The van der Waals surface area contributed by atoms with E-state index in [1.165, 1.54) is 6.07 Å². The highest BCUT2D eigenvalue weighted by Gasteiger charge is 2.17. The van der Waals surface area contributed by atoms with Crippen LogP contribution in [0.15, 0.2) is 46.9 Å². The maximum atomic E-state index is 12.3. The number of nitro groups is 1. The van der Waals surface area contributed by atoms with E-state index in [0.717, 1.165) is 10.0 Å². The van der Waals surface area contributed by atoms with Crippen LogP contribution in [0.3, 0.4) is 0 Å². The molecule has 2 aromatic rings. The zero-order valence-corrected chi connectivity index (χ0v) is 12.4. The van der Waals surface area contributed by atoms with Crippen molar-refractivity contribution in [1.82, 2.24) is 0 Å². The van der Waals surface area contributed by atoms with Crippen molar-refractivity contribution in [3.05, 3.63) is 73.7 Å². The summed E-state index contributed by atoms with van der Waals surface area (Å²) in [5.41, 5.74) is 1.86. The summed E-state index contributed by atoms with van der Waals surface area (Å²) in [6.07, 6.45) is 0.0274. The summed E-state index contributed by atoms with van der Waals surface area (Å²) < 4.78 is 0.900. The smallest absolute Gasteiger partial charge is 0.273 e. The van der Waals surface area contributed by atoms with Crippen LogP contribution in [0, 0.1) is 17.0 Å². The normalized spacial score (nSPS) is 10.3. The van der Waals surface area contributed by atoms with Crippen molar-refractivity contribution >= 4 is 27.4 Å². The molecule has 0 saturated carbocycles. The van der Waals surface area contributed by atoms with Gasteiger partial charge in [-0.15, -0.1) is 0 Å². The third-order valence-electron chi connectivity index (χ3n) is 3.03. The topological polar surface area (TPSA) is 60.2 Å². The number of rotatable bonds is 4. The Morgan fingerprint density at radius 1 is 1.25 bits per heavy atom. The van der Waals surface area contributed by atoms with Crippen LogP contribution in [-0.4, -0.2) is 10.7 Å². The summed E-state index contributed by atoms with van der Waals surface area (Å²) >= 11 is 3.34. The molecular weight excluding hydrogens is 322 g/mol. The summed E-state index contributed by atoms with van der Waals surface area (Å²) in [5.74, 6) is -0.121. The quantitative estimate of drug-likeness (QED) is 0.481. The van der Waals surface area contributed by atoms with Crippen molar-refractivity contribution < 1.29 is 9.72 Å². The molecule has 0 aliphatic rings. The number of halogens is 1. The second-order valence-corrected chi connectivity index (χ2v) is 5.36. The Hall–Kier alpha value is -2.01. The SMILES string of the molecule is Cc1cc(Br)ccc1C(=O)Cc1ccccc1[N+](=O)[O-]. The number of Topliss-reactive ketones (excluding diaryl/α,β-unsaturated/α-hetero) is 1. The number of aryl methyl sites for hydroxylation is 1. The maximum absolute atomic E-state index is 12.3. The molecule has 5 heteroatoms. The summed E-state index contributed by atoms with van der Waals surface area (Å²) in [6, 6.07) is 11.7. The van der Waals surface area contributed by atoms with Gasteiger partial charge in [-0.05, 0) is 24.6 Å². The number of hydrogen-bond donors (Lipinski definition) is 0. The molecule has 4 nitrogen and oxygen atoms in total. The number of carbonyl (C=O) groups is 1. The van der Waals surface area contributed by atoms with Crippen molar-refractivity contribution in [1.29, 1.82) is 0 Å². The van der Waals surface area contributed by atoms with Crippen LogP contribution in [0.1, 0.15) is 21.5 Å². The lowest BCUT2D eigenvalue weighted by Crippen LogP contribution is -2.07. The van der Waals surface area contributed by atoms with E-state index in [4.69, 9.17) is 0 Å². The fraction of sp³-hybridized carbons (Fsp3) is 0.133. The van der Waals surface area contributed by atoms with Gasteiger partial charge in [0.05, 0.1) is 4.92 Å². The molecule has 0 bridgehead atoms. The van der Waals surface area contributed by atoms with Gasteiger partial charge in [-0.1, -0.05) is 40.2 Å². The fourth-order valence-electron chi connectivity index (χ4n) is 2.05. The number of hydrogen-bond acceptors (Lipinski definition) is 3. The standard InChI is InChI=1S/C15H12BrNO3/c1-10-8-12(16)6-7-13(10)15(18)9-11-4-2-3-5-14(11)17(19)20/h2-8H,9H2,1H3. The van der Waals surface area contributed by atoms with Gasteiger partial charge in [0.2, 0.25) is 0 Å². The van der Waals surface area contributed by atoms with Crippen LogP contribution < -0.4 is 0 Å². The second-order valence-electron chi connectivity index (χ2n) is 4.45. The van der Waals surface area contributed by atoms with Crippen LogP contribution in [0.2, 0.25) is 0 Å². The minimum Gasteiger partial charge on any atom is -0.294 e. The Morgan fingerprint density at radius 3 is 2.60 bits per heavy atom. The van der Waals surface area contributed by atoms with Gasteiger partial charge >= 0.3 is 0 Å². The lowest BCUT2D eigenvalue weighted by Gasteiger charge is -2.06. The Balaban J connectivity index is 2.30. The van der Waals surface area contributed by atoms with Crippen molar-refractivity contribution in [2.75, 3.05) is 0 Å². The van der Waals surface area contributed by atoms with Gasteiger partial charge in [-0.3, -0.25) is 14.9 Å². The average molecular weight is 334 g/mol. The fourth-order valence-corrected chi connectivity index (χ4v) is 2.52. The van der Waals surface area contributed by atoms with Crippen LogP contribution in [0.5, 0.6) is 0 Å². The van der Waals surface area contributed by atoms with Gasteiger partial charge in [0, 0.05) is 28.1 Å². The Morgan fingerprint density at radius 2 is 1.95 bits per heavy atom. The first-order valence-electron chi connectivity index (χ1n) is 6.00. The van der Waals surface area contributed by atoms with Crippen molar-refractivity contribution in [3.63, 3.8) is 0 Å². The minimum absolute atomic E-state index is 0.0179. The molecule has 0 atom stereocenters. The van der Waals surface area contributed by atoms with E-state index >= 15 is 0 Å². The summed E-state index contributed by atoms with van der Waals surface area (Å²) in [7, 11) is 0. The molecule has 0 N–H and O–H groups in total. The van der Waals surface area contributed by atoms with Gasteiger partial charge in [0.1, 0.15) is 0 Å². The van der Waals surface area contributed by atoms with Gasteiger partial charge in [0.15, 0.2) is 5.78 Å². The molecule has 20 heavy (non-hydrogen) atoms. The Labute approximate surface area is 124 Å². The van der Waals surface area contributed by atoms with Crippen molar-refractivity contribution in [2.24, 2.45) is 0 Å². The van der Waals surface area contributed by atoms with Crippen LogP contribution >= 0.6 is 15.9 Å². The number of nitro benzene ring substituents is 1. The van der Waals surface area contributed by atoms with Gasteiger partial charge in [-0.2, -0.15) is 0 Å². The highest BCUT2D eigenvalue weighted by Crippen LogP contribution is 2.22. The average Bonchev–Trinajstić information content (AvgIpc) is 2.38. The molecule has 0 aliphatic carbocycles. The van der Waals surface area contributed by atoms with Gasteiger partial charge in [0.25, 0.3) is 5.69 Å². The van der Waals surface area contributed by atoms with Crippen LogP contribution in [0.25, 0.3) is 0 Å². The molecular formula is C15H12BrNO3. The molecule has 2 rings (SSSR count). The lowest BCUT2D eigenvalue weighted by atomic mass is 9.98. The number of para-hydroxylation sites is 1. The van der Waals surface area contributed by atoms with Crippen molar-refractivity contribution in [2.45, 2.75) is 13.3 Å². The van der Waals surface area contributed by atoms with E-state index in [1.54, 1.807) is 30.3 Å². The third kappa shape index (κ3) is 3.11.